The van der Waals surface area contributed by atoms with E-state index in [-0.39, 0.29) is 31.0 Å². The van der Waals surface area contributed by atoms with Crippen LogP contribution >= 0.6 is 12.4 Å². The lowest BCUT2D eigenvalue weighted by molar-refractivity contribution is -0.123. The fraction of sp³-hybridized carbons (Fsp3) is 0.381. The number of alkyl carbamates (subject to hydrolysis) is 1. The molecule has 1 aliphatic heterocycles. The summed E-state index contributed by atoms with van der Waals surface area (Å²) in [7, 11) is 0. The van der Waals surface area contributed by atoms with Crippen LogP contribution < -0.4 is 10.6 Å². The molecule has 2 aromatic rings. The number of pyridine rings is 1. The molecule has 0 radical (unpaired) electrons. The first-order valence-corrected chi connectivity index (χ1v) is 9.46. The van der Waals surface area contributed by atoms with Gasteiger partial charge in [-0.25, -0.2) is 4.79 Å². The van der Waals surface area contributed by atoms with Gasteiger partial charge in [-0.2, -0.15) is 0 Å². The summed E-state index contributed by atoms with van der Waals surface area (Å²) in [4.78, 5) is 28.8. The van der Waals surface area contributed by atoms with Crippen molar-refractivity contribution in [2.75, 3.05) is 13.2 Å². The molecule has 0 saturated carbocycles. The molecular formula is C21H26ClN3O4. The first kappa shape index (κ1) is 22.6. The van der Waals surface area contributed by atoms with Gasteiger partial charge in [0.25, 0.3) is 0 Å². The van der Waals surface area contributed by atoms with Crippen molar-refractivity contribution in [3.05, 3.63) is 66.0 Å². The van der Waals surface area contributed by atoms with Crippen molar-refractivity contribution in [2.24, 2.45) is 0 Å². The molecule has 156 valence electrons. The Labute approximate surface area is 176 Å². The van der Waals surface area contributed by atoms with E-state index >= 15 is 0 Å². The van der Waals surface area contributed by atoms with Crippen LogP contribution in [0.4, 0.5) is 4.79 Å². The molecule has 0 spiro atoms. The SMILES string of the molecule is Cl.O=C(N[C@@H](Cc1ccccc1)C(=O)NC[C@@H]1CCCO1)OCc1ccncc1. The number of ether oxygens (including phenoxy) is 2. The van der Waals surface area contributed by atoms with Gasteiger partial charge in [-0.15, -0.1) is 12.4 Å². The number of nitrogens with zero attached hydrogens (tertiary/aromatic N) is 1. The number of amides is 2. The Bertz CT molecular complexity index is 755. The third-order valence-electron chi connectivity index (χ3n) is 4.54. The molecule has 0 unspecified atom stereocenters. The van der Waals surface area contributed by atoms with Gasteiger partial charge in [-0.3, -0.25) is 9.78 Å². The third kappa shape index (κ3) is 7.71. The van der Waals surface area contributed by atoms with Crippen molar-refractivity contribution in [1.82, 2.24) is 15.6 Å². The summed E-state index contributed by atoms with van der Waals surface area (Å²) in [6.07, 6.45) is 4.99. The van der Waals surface area contributed by atoms with Crippen molar-refractivity contribution >= 4 is 24.4 Å². The van der Waals surface area contributed by atoms with Crippen LogP contribution in [-0.4, -0.2) is 42.3 Å². The van der Waals surface area contributed by atoms with Gasteiger partial charge in [0.1, 0.15) is 12.6 Å². The molecule has 3 rings (SSSR count). The first-order chi connectivity index (χ1) is 13.7. The molecule has 1 aromatic heterocycles. The maximum Gasteiger partial charge on any atom is 0.408 e. The summed E-state index contributed by atoms with van der Waals surface area (Å²) in [5, 5.41) is 5.56. The maximum absolute atomic E-state index is 12.7. The maximum atomic E-state index is 12.7. The van der Waals surface area contributed by atoms with Crippen molar-refractivity contribution in [1.29, 1.82) is 0 Å². The highest BCUT2D eigenvalue weighted by Gasteiger charge is 2.24. The Hall–Kier alpha value is -2.64. The molecule has 2 heterocycles. The van der Waals surface area contributed by atoms with E-state index in [4.69, 9.17) is 9.47 Å². The minimum Gasteiger partial charge on any atom is -0.445 e. The predicted molar refractivity (Wildman–Crippen MR) is 111 cm³/mol. The average Bonchev–Trinajstić information content (AvgIpc) is 3.25. The zero-order valence-corrected chi connectivity index (χ0v) is 16.9. The number of hydrogen-bond donors (Lipinski definition) is 2. The van der Waals surface area contributed by atoms with Crippen LogP contribution in [0.5, 0.6) is 0 Å². The summed E-state index contributed by atoms with van der Waals surface area (Å²) in [6, 6.07) is 12.4. The Morgan fingerprint density at radius 3 is 2.59 bits per heavy atom. The second kappa shape index (κ2) is 12.0. The lowest BCUT2D eigenvalue weighted by atomic mass is 10.1. The number of hydrogen-bond acceptors (Lipinski definition) is 5. The first-order valence-electron chi connectivity index (χ1n) is 9.46. The molecule has 1 aromatic carbocycles. The topological polar surface area (TPSA) is 89.6 Å². The minimum atomic E-state index is -0.728. The smallest absolute Gasteiger partial charge is 0.408 e. The van der Waals surface area contributed by atoms with Crippen molar-refractivity contribution in [3.8, 4) is 0 Å². The Morgan fingerprint density at radius 1 is 1.14 bits per heavy atom. The molecule has 1 saturated heterocycles. The van der Waals surface area contributed by atoms with Crippen LogP contribution in [0.3, 0.4) is 0 Å². The van der Waals surface area contributed by atoms with E-state index in [1.165, 1.54) is 0 Å². The number of benzene rings is 1. The van der Waals surface area contributed by atoms with Crippen LogP contribution in [0.2, 0.25) is 0 Å². The fourth-order valence-electron chi connectivity index (χ4n) is 3.01. The minimum absolute atomic E-state index is 0. The average molecular weight is 420 g/mol. The summed E-state index contributed by atoms with van der Waals surface area (Å²) in [5.74, 6) is -0.250. The Morgan fingerprint density at radius 2 is 1.90 bits per heavy atom. The predicted octanol–water partition coefficient (Wildman–Crippen LogP) is 2.64. The molecule has 0 aliphatic carbocycles. The molecule has 8 heteroatoms. The molecule has 1 aliphatic rings. The molecular weight excluding hydrogens is 394 g/mol. The van der Waals surface area contributed by atoms with Crippen LogP contribution in [0.25, 0.3) is 0 Å². The summed E-state index contributed by atoms with van der Waals surface area (Å²) >= 11 is 0. The fourth-order valence-corrected chi connectivity index (χ4v) is 3.01. The zero-order valence-electron chi connectivity index (χ0n) is 16.1. The highest BCUT2D eigenvalue weighted by atomic mass is 35.5. The van der Waals surface area contributed by atoms with E-state index < -0.39 is 12.1 Å². The van der Waals surface area contributed by atoms with E-state index in [1.807, 2.05) is 30.3 Å². The lowest BCUT2D eigenvalue weighted by Crippen LogP contribution is -2.49. The van der Waals surface area contributed by atoms with Crippen LogP contribution in [0.15, 0.2) is 54.9 Å². The van der Waals surface area contributed by atoms with E-state index in [0.717, 1.165) is 30.6 Å². The number of halogens is 1. The highest BCUT2D eigenvalue weighted by Crippen LogP contribution is 2.11. The molecule has 1 fully saturated rings. The summed E-state index contributed by atoms with van der Waals surface area (Å²) < 4.78 is 10.8. The normalized spacial score (nSPS) is 16.3. The monoisotopic (exact) mass is 419 g/mol. The Balaban J connectivity index is 0.00000300. The number of nitrogens with one attached hydrogen (secondary N) is 2. The molecule has 2 amide bonds. The van der Waals surface area contributed by atoms with E-state index in [1.54, 1.807) is 24.5 Å². The van der Waals surface area contributed by atoms with Gasteiger partial charge in [0.2, 0.25) is 5.91 Å². The van der Waals surface area contributed by atoms with Crippen molar-refractivity contribution in [2.45, 2.75) is 38.0 Å². The van der Waals surface area contributed by atoms with Gasteiger partial charge in [-0.05, 0) is 36.1 Å². The van der Waals surface area contributed by atoms with Gasteiger partial charge in [0, 0.05) is 32.0 Å². The van der Waals surface area contributed by atoms with Gasteiger partial charge in [0.15, 0.2) is 0 Å². The van der Waals surface area contributed by atoms with E-state index in [2.05, 4.69) is 15.6 Å². The number of carbonyl (C=O) groups is 2. The summed E-state index contributed by atoms with van der Waals surface area (Å²) in [6.45, 7) is 1.29. The van der Waals surface area contributed by atoms with Crippen LogP contribution in [-0.2, 0) is 27.3 Å². The van der Waals surface area contributed by atoms with Crippen LogP contribution in [0, 0.1) is 0 Å². The quantitative estimate of drug-likeness (QED) is 0.686. The third-order valence-corrected chi connectivity index (χ3v) is 4.54. The number of carbonyl (C=O) groups excluding carboxylic acids is 2. The largest absolute Gasteiger partial charge is 0.445 e. The van der Waals surface area contributed by atoms with Crippen molar-refractivity contribution in [3.63, 3.8) is 0 Å². The number of aromatic nitrogens is 1. The van der Waals surface area contributed by atoms with E-state index in [9.17, 15) is 9.59 Å². The molecule has 7 nitrogen and oxygen atoms in total. The second-order valence-electron chi connectivity index (χ2n) is 6.70. The van der Waals surface area contributed by atoms with Gasteiger partial charge in [0.05, 0.1) is 6.10 Å². The summed E-state index contributed by atoms with van der Waals surface area (Å²) in [5.41, 5.74) is 1.78. The highest BCUT2D eigenvalue weighted by molar-refractivity contribution is 5.86. The zero-order chi connectivity index (χ0) is 19.6. The van der Waals surface area contributed by atoms with Crippen LogP contribution in [0.1, 0.15) is 24.0 Å². The number of rotatable bonds is 8. The lowest BCUT2D eigenvalue weighted by Gasteiger charge is -2.20. The second-order valence-corrected chi connectivity index (χ2v) is 6.70. The van der Waals surface area contributed by atoms with Gasteiger partial charge < -0.3 is 20.1 Å². The molecule has 0 bridgehead atoms. The van der Waals surface area contributed by atoms with Gasteiger partial charge in [-0.1, -0.05) is 30.3 Å². The van der Waals surface area contributed by atoms with Crippen molar-refractivity contribution < 1.29 is 19.1 Å². The Kier molecular flexibility index (Phi) is 9.40. The standard InChI is InChI=1S/C21H25N3O4.ClH/c25-20(23-14-18-7-4-12-27-18)19(13-16-5-2-1-3-6-16)24-21(26)28-15-17-8-10-22-11-9-17;/h1-3,5-6,8-11,18-19H,4,7,12-15H2,(H,23,25)(H,24,26);1H/t18-,19-;/m0./s1. The molecule has 29 heavy (non-hydrogen) atoms. The van der Waals surface area contributed by atoms with E-state index in [0.29, 0.717) is 13.0 Å². The molecule has 2 N–H and O–H groups in total. The van der Waals surface area contributed by atoms with Gasteiger partial charge >= 0.3 is 6.09 Å². The molecule has 2 atom stereocenters.